The number of benzene rings is 2. The lowest BCUT2D eigenvalue weighted by Gasteiger charge is -2.26. The van der Waals surface area contributed by atoms with Crippen molar-refractivity contribution >= 4 is 27.5 Å². The summed E-state index contributed by atoms with van der Waals surface area (Å²) in [5, 5.41) is 12.1. The molecule has 0 saturated heterocycles. The summed E-state index contributed by atoms with van der Waals surface area (Å²) in [5.41, 5.74) is 0.112. The van der Waals surface area contributed by atoms with Gasteiger partial charge in [-0.1, -0.05) is 15.9 Å². The molecule has 3 aromatic rings. The summed E-state index contributed by atoms with van der Waals surface area (Å²) in [6, 6.07) is 16.1. The zero-order valence-corrected chi connectivity index (χ0v) is 17.9. The summed E-state index contributed by atoms with van der Waals surface area (Å²) in [6.07, 6.45) is 0. The highest BCUT2D eigenvalue weighted by Gasteiger charge is 2.31. The van der Waals surface area contributed by atoms with Crippen molar-refractivity contribution in [3.63, 3.8) is 0 Å². The maximum absolute atomic E-state index is 12.9. The highest BCUT2D eigenvalue weighted by atomic mass is 79.9. The van der Waals surface area contributed by atoms with Crippen LogP contribution in [0.25, 0.3) is 11.3 Å². The van der Waals surface area contributed by atoms with Gasteiger partial charge in [0.05, 0.1) is 12.8 Å². The first-order valence-corrected chi connectivity index (χ1v) is 9.75. The van der Waals surface area contributed by atoms with Crippen molar-refractivity contribution in [2.24, 2.45) is 0 Å². The number of nitrogens with one attached hydrogen (secondary N) is 1. The molecule has 0 unspecified atom stereocenters. The smallest absolute Gasteiger partial charge is 0.268 e. The van der Waals surface area contributed by atoms with E-state index in [-0.39, 0.29) is 12.5 Å². The lowest BCUT2D eigenvalue weighted by atomic mass is 10.1. The average molecular weight is 460 g/mol. The minimum Gasteiger partial charge on any atom is -0.495 e. The summed E-state index contributed by atoms with van der Waals surface area (Å²) in [5.74, 6) is 1.81. The van der Waals surface area contributed by atoms with E-state index in [1.165, 1.54) is 7.11 Å². The predicted octanol–water partition coefficient (Wildman–Crippen LogP) is 5.01. The minimum atomic E-state index is -1.12. The van der Waals surface area contributed by atoms with E-state index in [1.807, 2.05) is 18.2 Å². The van der Waals surface area contributed by atoms with Crippen LogP contribution in [0.2, 0.25) is 0 Å². The van der Waals surface area contributed by atoms with E-state index < -0.39 is 5.60 Å². The van der Waals surface area contributed by atoms with E-state index in [0.29, 0.717) is 28.7 Å². The molecule has 152 valence electrons. The number of furan rings is 1. The van der Waals surface area contributed by atoms with Gasteiger partial charge in [0.15, 0.2) is 5.60 Å². The lowest BCUT2D eigenvalue weighted by molar-refractivity contribution is -0.128. The molecular formula is C22H22BrNO5. The molecule has 1 aromatic heterocycles. The summed E-state index contributed by atoms with van der Waals surface area (Å²) in [4.78, 5) is 12.9. The minimum absolute atomic E-state index is 0.179. The van der Waals surface area contributed by atoms with Gasteiger partial charge in [0.2, 0.25) is 0 Å². The number of hydrogen-bond donors (Lipinski definition) is 2. The molecule has 6 nitrogen and oxygen atoms in total. The molecule has 0 saturated carbocycles. The lowest BCUT2D eigenvalue weighted by Crippen LogP contribution is -2.42. The Bertz CT molecular complexity index is 995. The van der Waals surface area contributed by atoms with Crippen LogP contribution >= 0.6 is 15.9 Å². The average Bonchev–Trinajstić information content (AvgIpc) is 3.19. The molecule has 2 N–H and O–H groups in total. The molecule has 0 aliphatic carbocycles. The number of ether oxygens (including phenoxy) is 2. The van der Waals surface area contributed by atoms with Crippen LogP contribution in [0, 0.1) is 0 Å². The number of halogens is 1. The third-order valence-corrected chi connectivity index (χ3v) is 4.81. The van der Waals surface area contributed by atoms with Crippen molar-refractivity contribution in [2.75, 3.05) is 12.4 Å². The van der Waals surface area contributed by atoms with Crippen molar-refractivity contribution in [2.45, 2.75) is 26.1 Å². The van der Waals surface area contributed by atoms with Gasteiger partial charge in [0.25, 0.3) is 5.91 Å². The Morgan fingerprint density at radius 3 is 2.48 bits per heavy atom. The number of carbonyl (C=O) groups excluding carboxylic acids is 1. The molecule has 0 atom stereocenters. The van der Waals surface area contributed by atoms with Crippen molar-refractivity contribution in [3.05, 3.63) is 64.8 Å². The molecule has 0 radical (unpaired) electrons. The van der Waals surface area contributed by atoms with E-state index >= 15 is 0 Å². The fraction of sp³-hybridized carbons (Fsp3) is 0.227. The number of hydrogen-bond acceptors (Lipinski definition) is 5. The Balaban J connectivity index is 1.82. The molecule has 2 aromatic carbocycles. The molecule has 0 fully saturated rings. The first-order valence-electron chi connectivity index (χ1n) is 8.96. The molecule has 0 aliphatic rings. The third kappa shape index (κ3) is 4.99. The van der Waals surface area contributed by atoms with Crippen LogP contribution in [0.4, 0.5) is 5.69 Å². The van der Waals surface area contributed by atoms with Crippen molar-refractivity contribution < 1.29 is 23.8 Å². The molecule has 7 heteroatoms. The number of anilines is 1. The maximum Gasteiger partial charge on any atom is 0.268 e. The van der Waals surface area contributed by atoms with E-state index in [9.17, 15) is 9.90 Å². The largest absolute Gasteiger partial charge is 0.495 e. The van der Waals surface area contributed by atoms with E-state index in [0.717, 1.165) is 10.0 Å². The Hall–Kier alpha value is -2.77. The summed E-state index contributed by atoms with van der Waals surface area (Å²) < 4.78 is 17.8. The first-order chi connectivity index (χ1) is 13.8. The van der Waals surface area contributed by atoms with Gasteiger partial charge in [-0.25, -0.2) is 0 Å². The zero-order valence-electron chi connectivity index (χ0n) is 16.4. The first kappa shape index (κ1) is 21.0. The summed E-state index contributed by atoms with van der Waals surface area (Å²) >= 11 is 3.38. The third-order valence-electron chi connectivity index (χ3n) is 4.28. The van der Waals surface area contributed by atoms with Gasteiger partial charge in [-0.2, -0.15) is 0 Å². The second kappa shape index (κ2) is 8.71. The van der Waals surface area contributed by atoms with Crippen LogP contribution in [-0.2, 0) is 11.4 Å². The van der Waals surface area contributed by atoms with Gasteiger partial charge >= 0.3 is 0 Å². The highest BCUT2D eigenvalue weighted by Crippen LogP contribution is 2.32. The normalized spacial score (nSPS) is 11.2. The molecule has 1 amide bonds. The van der Waals surface area contributed by atoms with Crippen molar-refractivity contribution in [1.29, 1.82) is 0 Å². The van der Waals surface area contributed by atoms with Gasteiger partial charge in [0.1, 0.15) is 29.6 Å². The number of carbonyl (C=O) groups is 1. The van der Waals surface area contributed by atoms with Gasteiger partial charge < -0.3 is 24.3 Å². The van der Waals surface area contributed by atoms with Gasteiger partial charge in [-0.3, -0.25) is 4.79 Å². The number of aliphatic hydroxyl groups is 1. The fourth-order valence-corrected chi connectivity index (χ4v) is 2.96. The maximum atomic E-state index is 12.9. The number of amides is 1. The monoisotopic (exact) mass is 459 g/mol. The second-order valence-corrected chi connectivity index (χ2v) is 7.78. The Labute approximate surface area is 177 Å². The number of methoxy groups -OCH3 is 1. The quantitative estimate of drug-likeness (QED) is 0.519. The number of rotatable bonds is 7. The van der Waals surface area contributed by atoms with E-state index in [1.54, 1.807) is 50.2 Å². The van der Waals surface area contributed by atoms with Crippen LogP contribution in [-0.4, -0.2) is 23.7 Å². The zero-order chi connectivity index (χ0) is 21.0. The Kier molecular flexibility index (Phi) is 6.30. The van der Waals surface area contributed by atoms with E-state index in [2.05, 4.69) is 21.2 Å². The van der Waals surface area contributed by atoms with Gasteiger partial charge in [-0.15, -0.1) is 0 Å². The highest BCUT2D eigenvalue weighted by molar-refractivity contribution is 9.10. The van der Waals surface area contributed by atoms with Gasteiger partial charge in [-0.05, 0) is 68.4 Å². The molecule has 0 aliphatic heterocycles. The van der Waals surface area contributed by atoms with Crippen LogP contribution < -0.4 is 14.8 Å². The molecule has 0 bridgehead atoms. The predicted molar refractivity (Wildman–Crippen MR) is 114 cm³/mol. The topological polar surface area (TPSA) is 80.9 Å². The van der Waals surface area contributed by atoms with Crippen LogP contribution in [0.5, 0.6) is 11.5 Å². The van der Waals surface area contributed by atoms with Crippen molar-refractivity contribution in [1.82, 2.24) is 0 Å². The van der Waals surface area contributed by atoms with Crippen molar-refractivity contribution in [3.8, 4) is 22.8 Å². The van der Waals surface area contributed by atoms with Crippen LogP contribution in [0.1, 0.15) is 19.6 Å². The summed E-state index contributed by atoms with van der Waals surface area (Å²) in [7, 11) is 1.53. The molecule has 0 spiro atoms. The Morgan fingerprint density at radius 2 is 1.86 bits per heavy atom. The number of aliphatic hydroxyl groups excluding tert-OH is 1. The molecular weight excluding hydrogens is 438 g/mol. The van der Waals surface area contributed by atoms with E-state index in [4.69, 9.17) is 13.9 Å². The SMILES string of the molecule is COc1ccc(-c2ccc(CO)o2)cc1NC(=O)C(C)(C)Oc1ccc(Br)cc1. The van der Waals surface area contributed by atoms with Gasteiger partial charge in [0, 0.05) is 10.0 Å². The van der Waals surface area contributed by atoms with Crippen LogP contribution in [0.15, 0.2) is 63.5 Å². The second-order valence-electron chi connectivity index (χ2n) is 6.86. The summed E-state index contributed by atoms with van der Waals surface area (Å²) in [6.45, 7) is 3.21. The Morgan fingerprint density at radius 1 is 1.14 bits per heavy atom. The van der Waals surface area contributed by atoms with Crippen LogP contribution in [0.3, 0.4) is 0 Å². The molecule has 1 heterocycles. The standard InChI is InChI=1S/C22H22BrNO5/c1-22(2,29-16-7-5-15(23)6-8-16)21(26)24-18-12-14(4-10-20(18)27-3)19-11-9-17(13-25)28-19/h4-12,25H,13H2,1-3H3,(H,24,26). The fourth-order valence-electron chi connectivity index (χ4n) is 2.69. The molecule has 3 rings (SSSR count). The molecule has 29 heavy (non-hydrogen) atoms.